The minimum absolute atomic E-state index is 0.0424. The van der Waals surface area contributed by atoms with Gasteiger partial charge in [-0.15, -0.1) is 0 Å². The lowest BCUT2D eigenvalue weighted by Crippen LogP contribution is -2.14. The van der Waals surface area contributed by atoms with Gasteiger partial charge in [-0.05, 0) is 27.4 Å². The largest absolute Gasteiger partial charge is 0.458 e. The number of hydrogen-bond acceptors (Lipinski definition) is 2. The molecular formula is C13H16BrNO. The number of halogens is 1. The summed E-state index contributed by atoms with van der Waals surface area (Å²) in [5.74, 6) is 0.884. The Balaban J connectivity index is 2.84. The highest BCUT2D eigenvalue weighted by atomic mass is 79.9. The van der Waals surface area contributed by atoms with E-state index in [1.54, 1.807) is 0 Å². The van der Waals surface area contributed by atoms with E-state index >= 15 is 0 Å². The summed E-state index contributed by atoms with van der Waals surface area (Å²) in [6.07, 6.45) is 0. The molecule has 1 aromatic carbocycles. The molecule has 0 aliphatic carbocycles. The second-order valence-corrected chi connectivity index (χ2v) is 5.83. The summed E-state index contributed by atoms with van der Waals surface area (Å²) in [6, 6.07) is 6.10. The molecule has 0 atom stereocenters. The van der Waals surface area contributed by atoms with Gasteiger partial charge in [0.2, 0.25) is 0 Å². The quantitative estimate of drug-likeness (QED) is 0.860. The summed E-state index contributed by atoms with van der Waals surface area (Å²) < 4.78 is 6.82. The van der Waals surface area contributed by atoms with E-state index in [9.17, 15) is 0 Å². The molecule has 0 unspecified atom stereocenters. The summed E-state index contributed by atoms with van der Waals surface area (Å²) in [5, 5.41) is 1.15. The van der Waals surface area contributed by atoms with Gasteiger partial charge in [0.05, 0.1) is 11.0 Å². The van der Waals surface area contributed by atoms with E-state index in [0.29, 0.717) is 6.54 Å². The van der Waals surface area contributed by atoms with E-state index in [-0.39, 0.29) is 5.41 Å². The van der Waals surface area contributed by atoms with Crippen LogP contribution in [0.25, 0.3) is 11.0 Å². The molecule has 2 rings (SSSR count). The molecule has 0 saturated carbocycles. The van der Waals surface area contributed by atoms with E-state index in [4.69, 9.17) is 10.2 Å². The van der Waals surface area contributed by atoms with Crippen LogP contribution in [0.2, 0.25) is 0 Å². The predicted molar refractivity (Wildman–Crippen MR) is 70.5 cm³/mol. The third-order valence-corrected chi connectivity index (χ3v) is 3.30. The Labute approximate surface area is 104 Å². The van der Waals surface area contributed by atoms with Crippen LogP contribution < -0.4 is 5.73 Å². The van der Waals surface area contributed by atoms with Gasteiger partial charge in [-0.3, -0.25) is 0 Å². The van der Waals surface area contributed by atoms with Crippen molar-refractivity contribution in [2.75, 3.05) is 0 Å². The van der Waals surface area contributed by atoms with E-state index in [1.807, 2.05) is 12.1 Å². The molecule has 0 saturated heterocycles. The van der Waals surface area contributed by atoms with Gasteiger partial charge in [0.25, 0.3) is 0 Å². The lowest BCUT2D eigenvalue weighted by molar-refractivity contribution is 0.510. The van der Waals surface area contributed by atoms with Crippen LogP contribution in [-0.2, 0) is 12.0 Å². The Morgan fingerprint density at radius 3 is 2.56 bits per heavy atom. The highest BCUT2D eigenvalue weighted by Crippen LogP contribution is 2.37. The molecule has 0 amide bonds. The molecule has 3 heteroatoms. The third-order valence-electron chi connectivity index (χ3n) is 2.68. The van der Waals surface area contributed by atoms with Gasteiger partial charge in [0, 0.05) is 10.9 Å². The van der Waals surface area contributed by atoms with Crippen LogP contribution in [0.4, 0.5) is 0 Å². The molecule has 2 nitrogen and oxygen atoms in total. The Hall–Kier alpha value is -0.800. The molecule has 0 aliphatic rings. The number of fused-ring (bicyclic) bond motifs is 1. The van der Waals surface area contributed by atoms with Gasteiger partial charge >= 0.3 is 0 Å². The minimum Gasteiger partial charge on any atom is -0.458 e. The van der Waals surface area contributed by atoms with Crippen molar-refractivity contribution in [1.29, 1.82) is 0 Å². The lowest BCUT2D eigenvalue weighted by Gasteiger charge is -2.18. The summed E-state index contributed by atoms with van der Waals surface area (Å²) in [4.78, 5) is 0. The first-order valence-corrected chi connectivity index (χ1v) is 6.15. The molecule has 0 fully saturated rings. The fourth-order valence-electron chi connectivity index (χ4n) is 2.10. The van der Waals surface area contributed by atoms with Gasteiger partial charge in [-0.1, -0.05) is 32.9 Å². The van der Waals surface area contributed by atoms with Crippen LogP contribution in [0.15, 0.2) is 27.1 Å². The second kappa shape index (κ2) is 3.90. The maximum atomic E-state index is 5.83. The smallest absolute Gasteiger partial charge is 0.148 e. The van der Waals surface area contributed by atoms with Gasteiger partial charge in [-0.25, -0.2) is 0 Å². The lowest BCUT2D eigenvalue weighted by atomic mass is 9.85. The molecule has 16 heavy (non-hydrogen) atoms. The molecular weight excluding hydrogens is 266 g/mol. The summed E-state index contributed by atoms with van der Waals surface area (Å²) in [6.45, 7) is 6.97. The van der Waals surface area contributed by atoms with Crippen molar-refractivity contribution in [1.82, 2.24) is 0 Å². The number of para-hydroxylation sites is 1. The number of hydrogen-bond donors (Lipinski definition) is 1. The molecule has 0 radical (unpaired) electrons. The van der Waals surface area contributed by atoms with Crippen LogP contribution in [0.5, 0.6) is 0 Å². The molecule has 2 N–H and O–H groups in total. The maximum absolute atomic E-state index is 5.83. The van der Waals surface area contributed by atoms with Crippen LogP contribution in [0.3, 0.4) is 0 Å². The van der Waals surface area contributed by atoms with Gasteiger partial charge in [-0.2, -0.15) is 0 Å². The second-order valence-electron chi connectivity index (χ2n) is 4.97. The van der Waals surface area contributed by atoms with Crippen molar-refractivity contribution in [2.24, 2.45) is 5.73 Å². The van der Waals surface area contributed by atoms with E-state index < -0.39 is 0 Å². The van der Waals surface area contributed by atoms with E-state index in [0.717, 1.165) is 21.2 Å². The van der Waals surface area contributed by atoms with Gasteiger partial charge in [0.1, 0.15) is 11.3 Å². The molecule has 86 valence electrons. The molecule has 2 aromatic rings. The first-order valence-electron chi connectivity index (χ1n) is 5.35. The number of rotatable bonds is 1. The molecule has 1 heterocycles. The minimum atomic E-state index is 0.0424. The average Bonchev–Trinajstić information content (AvgIpc) is 2.57. The van der Waals surface area contributed by atoms with Crippen LogP contribution >= 0.6 is 15.9 Å². The third kappa shape index (κ3) is 1.78. The molecule has 0 bridgehead atoms. The molecule has 0 aliphatic heterocycles. The standard InChI is InChI=1S/C13H16BrNO/c1-13(2,3)11-8-5-4-6-9(14)12(8)16-10(11)7-15/h4-6H,7,15H2,1-3H3. The van der Waals surface area contributed by atoms with E-state index in [2.05, 4.69) is 42.8 Å². The SMILES string of the molecule is CC(C)(C)c1c(CN)oc2c(Br)cccc12. The normalized spacial score (nSPS) is 12.3. The first-order chi connectivity index (χ1) is 7.45. The Morgan fingerprint density at radius 1 is 1.31 bits per heavy atom. The Kier molecular flexibility index (Phi) is 2.84. The summed E-state index contributed by atoms with van der Waals surface area (Å²) in [7, 11) is 0. The van der Waals surface area contributed by atoms with Crippen molar-refractivity contribution in [2.45, 2.75) is 32.7 Å². The summed E-state index contributed by atoms with van der Waals surface area (Å²) >= 11 is 3.51. The van der Waals surface area contributed by atoms with Gasteiger partial charge < -0.3 is 10.2 Å². The van der Waals surface area contributed by atoms with E-state index in [1.165, 1.54) is 5.56 Å². The fraction of sp³-hybridized carbons (Fsp3) is 0.385. The molecule has 1 aromatic heterocycles. The van der Waals surface area contributed by atoms with Crippen molar-refractivity contribution in [3.05, 3.63) is 34.0 Å². The van der Waals surface area contributed by atoms with Crippen molar-refractivity contribution in [3.63, 3.8) is 0 Å². The highest BCUT2D eigenvalue weighted by Gasteiger charge is 2.24. The van der Waals surface area contributed by atoms with Crippen LogP contribution in [0, 0.1) is 0 Å². The summed E-state index contributed by atoms with van der Waals surface area (Å²) in [5.41, 5.74) is 7.90. The molecule has 0 spiro atoms. The van der Waals surface area contributed by atoms with Crippen LogP contribution in [0.1, 0.15) is 32.1 Å². The van der Waals surface area contributed by atoms with Crippen molar-refractivity contribution < 1.29 is 4.42 Å². The Morgan fingerprint density at radius 2 is 2.00 bits per heavy atom. The zero-order valence-electron chi connectivity index (χ0n) is 9.80. The number of furan rings is 1. The average molecular weight is 282 g/mol. The monoisotopic (exact) mass is 281 g/mol. The van der Waals surface area contributed by atoms with Gasteiger partial charge in [0.15, 0.2) is 0 Å². The predicted octanol–water partition coefficient (Wildman–Crippen LogP) is 3.95. The highest BCUT2D eigenvalue weighted by molar-refractivity contribution is 9.10. The Bertz CT molecular complexity index is 522. The first kappa shape index (κ1) is 11.7. The fourth-order valence-corrected chi connectivity index (χ4v) is 2.55. The maximum Gasteiger partial charge on any atom is 0.148 e. The number of benzene rings is 1. The van der Waals surface area contributed by atoms with Crippen molar-refractivity contribution >= 4 is 26.9 Å². The topological polar surface area (TPSA) is 39.2 Å². The van der Waals surface area contributed by atoms with Crippen molar-refractivity contribution in [3.8, 4) is 0 Å². The number of nitrogens with two attached hydrogens (primary N) is 1. The zero-order chi connectivity index (χ0) is 11.9. The zero-order valence-corrected chi connectivity index (χ0v) is 11.4. The van der Waals surface area contributed by atoms with Crippen LogP contribution in [-0.4, -0.2) is 0 Å².